The van der Waals surface area contributed by atoms with Crippen LogP contribution >= 0.6 is 11.6 Å². The third kappa shape index (κ3) is 3.38. The number of hydrogen-bond acceptors (Lipinski definition) is 2. The summed E-state index contributed by atoms with van der Waals surface area (Å²) >= 11 is 5.95. The number of pyridine rings is 1. The van der Waals surface area contributed by atoms with Crippen molar-refractivity contribution in [2.45, 2.75) is 31.7 Å². The molecule has 0 aromatic carbocycles. The Kier molecular flexibility index (Phi) is 4.64. The van der Waals surface area contributed by atoms with Gasteiger partial charge in [0.2, 0.25) is 0 Å². The number of alkyl halides is 1. The largest absolute Gasteiger partial charge is 0.349 e. The molecule has 1 heterocycles. The van der Waals surface area contributed by atoms with Gasteiger partial charge >= 0.3 is 0 Å². The average Bonchev–Trinajstić information content (AvgIpc) is 2.42. The van der Waals surface area contributed by atoms with E-state index in [1.54, 1.807) is 19.3 Å². The molecule has 1 aliphatic carbocycles. The number of halogens is 1. The van der Waals surface area contributed by atoms with Gasteiger partial charge in [-0.3, -0.25) is 9.59 Å². The second kappa shape index (κ2) is 6.24. The Bertz CT molecular complexity index is 512. The van der Waals surface area contributed by atoms with Crippen LogP contribution in [-0.2, 0) is 7.05 Å². The van der Waals surface area contributed by atoms with Gasteiger partial charge in [0.05, 0.1) is 0 Å². The molecule has 0 aliphatic heterocycles. The third-order valence-corrected chi connectivity index (χ3v) is 4.19. The van der Waals surface area contributed by atoms with Crippen molar-refractivity contribution in [1.82, 2.24) is 9.88 Å². The van der Waals surface area contributed by atoms with E-state index in [0.29, 0.717) is 17.4 Å². The Hall–Kier alpha value is -1.29. The Labute approximate surface area is 117 Å². The lowest BCUT2D eigenvalue weighted by molar-refractivity contribution is 0.0911. The van der Waals surface area contributed by atoms with Gasteiger partial charge in [0, 0.05) is 36.8 Å². The number of aromatic nitrogens is 1. The van der Waals surface area contributed by atoms with Crippen molar-refractivity contribution < 1.29 is 4.79 Å². The van der Waals surface area contributed by atoms with Crippen LogP contribution in [0.4, 0.5) is 0 Å². The van der Waals surface area contributed by atoms with E-state index in [4.69, 9.17) is 11.6 Å². The highest BCUT2D eigenvalue weighted by atomic mass is 35.5. The molecule has 1 saturated carbocycles. The quantitative estimate of drug-likeness (QED) is 0.861. The normalized spacial score (nSPS) is 23.1. The summed E-state index contributed by atoms with van der Waals surface area (Å²) < 4.78 is 1.44. The van der Waals surface area contributed by atoms with Gasteiger partial charge in [-0.2, -0.15) is 0 Å². The fraction of sp³-hybridized carbons (Fsp3) is 0.571. The summed E-state index contributed by atoms with van der Waals surface area (Å²) in [6.45, 7) is 0. The van der Waals surface area contributed by atoms with Crippen molar-refractivity contribution >= 4 is 17.5 Å². The van der Waals surface area contributed by atoms with E-state index in [1.807, 2.05) is 0 Å². The van der Waals surface area contributed by atoms with Gasteiger partial charge in [-0.05, 0) is 24.8 Å². The van der Waals surface area contributed by atoms with Crippen molar-refractivity contribution in [3.05, 3.63) is 34.2 Å². The van der Waals surface area contributed by atoms with Gasteiger partial charge in [0.25, 0.3) is 11.5 Å². The SMILES string of the molecule is Cn1ccc(C(=O)NC2CCCCC2CCl)cc1=O. The summed E-state index contributed by atoms with van der Waals surface area (Å²) in [6, 6.07) is 3.16. The zero-order valence-corrected chi connectivity index (χ0v) is 11.8. The molecule has 4 nitrogen and oxygen atoms in total. The number of amides is 1. The first kappa shape index (κ1) is 14.1. The summed E-state index contributed by atoms with van der Waals surface area (Å²) in [5.41, 5.74) is 0.243. The molecule has 2 rings (SSSR count). The molecular weight excluding hydrogens is 264 g/mol. The molecule has 1 aromatic heterocycles. The van der Waals surface area contributed by atoms with Crippen LogP contribution in [0.5, 0.6) is 0 Å². The van der Waals surface area contributed by atoms with Crippen molar-refractivity contribution in [3.63, 3.8) is 0 Å². The summed E-state index contributed by atoms with van der Waals surface area (Å²) in [5.74, 6) is 0.729. The zero-order chi connectivity index (χ0) is 13.8. The highest BCUT2D eigenvalue weighted by molar-refractivity contribution is 6.18. The van der Waals surface area contributed by atoms with E-state index in [1.165, 1.54) is 17.1 Å². The number of carbonyl (C=O) groups is 1. The molecule has 0 saturated heterocycles. The maximum absolute atomic E-state index is 12.1. The highest BCUT2D eigenvalue weighted by Crippen LogP contribution is 2.25. The molecule has 1 fully saturated rings. The molecule has 0 bridgehead atoms. The molecule has 104 valence electrons. The van der Waals surface area contributed by atoms with Gasteiger partial charge < -0.3 is 9.88 Å². The van der Waals surface area contributed by atoms with E-state index >= 15 is 0 Å². The first-order chi connectivity index (χ1) is 9.11. The second-order valence-electron chi connectivity index (χ2n) is 5.14. The van der Waals surface area contributed by atoms with Gasteiger partial charge in [-0.1, -0.05) is 12.8 Å². The summed E-state index contributed by atoms with van der Waals surface area (Å²) in [6.07, 6.45) is 5.93. The highest BCUT2D eigenvalue weighted by Gasteiger charge is 2.26. The summed E-state index contributed by atoms with van der Waals surface area (Å²) in [7, 11) is 1.66. The van der Waals surface area contributed by atoms with Crippen LogP contribution in [0.3, 0.4) is 0 Å². The fourth-order valence-electron chi connectivity index (χ4n) is 2.52. The lowest BCUT2D eigenvalue weighted by Crippen LogP contribution is -2.43. The van der Waals surface area contributed by atoms with Crippen molar-refractivity contribution in [3.8, 4) is 0 Å². The minimum Gasteiger partial charge on any atom is -0.349 e. The average molecular weight is 283 g/mol. The maximum Gasteiger partial charge on any atom is 0.251 e. The Morgan fingerprint density at radius 1 is 1.47 bits per heavy atom. The Balaban J connectivity index is 2.07. The molecule has 1 aliphatic rings. The molecule has 1 amide bonds. The predicted molar refractivity (Wildman–Crippen MR) is 75.6 cm³/mol. The molecule has 2 atom stereocenters. The molecule has 1 N–H and O–H groups in total. The minimum atomic E-state index is -0.181. The fourth-order valence-corrected chi connectivity index (χ4v) is 2.89. The van der Waals surface area contributed by atoms with Gasteiger partial charge in [0.15, 0.2) is 0 Å². The monoisotopic (exact) mass is 282 g/mol. The lowest BCUT2D eigenvalue weighted by Gasteiger charge is -2.30. The van der Waals surface area contributed by atoms with E-state index in [0.717, 1.165) is 19.3 Å². The minimum absolute atomic E-state index is 0.128. The first-order valence-electron chi connectivity index (χ1n) is 6.65. The molecule has 1 aromatic rings. The maximum atomic E-state index is 12.1. The number of nitrogens with zero attached hydrogens (tertiary/aromatic N) is 1. The third-order valence-electron chi connectivity index (χ3n) is 3.79. The van der Waals surface area contributed by atoms with Gasteiger partial charge in [0.1, 0.15) is 0 Å². The van der Waals surface area contributed by atoms with Crippen molar-refractivity contribution in [2.75, 3.05) is 5.88 Å². The van der Waals surface area contributed by atoms with Crippen LogP contribution < -0.4 is 10.9 Å². The lowest BCUT2D eigenvalue weighted by atomic mass is 9.85. The van der Waals surface area contributed by atoms with Crippen LogP contribution in [0.2, 0.25) is 0 Å². The molecule has 5 heteroatoms. The van der Waals surface area contributed by atoms with Gasteiger partial charge in [-0.15, -0.1) is 11.6 Å². The number of carbonyl (C=O) groups excluding carboxylic acids is 1. The zero-order valence-electron chi connectivity index (χ0n) is 11.1. The number of nitrogens with one attached hydrogen (secondary N) is 1. The Morgan fingerprint density at radius 2 is 2.21 bits per heavy atom. The van der Waals surface area contributed by atoms with Crippen LogP contribution in [0.15, 0.2) is 23.1 Å². The number of rotatable bonds is 3. The molecule has 0 spiro atoms. The van der Waals surface area contributed by atoms with Crippen molar-refractivity contribution in [2.24, 2.45) is 13.0 Å². The number of aryl methyl sites for hydroxylation is 1. The molecule has 0 radical (unpaired) electrons. The summed E-state index contributed by atoms with van der Waals surface area (Å²) in [5, 5.41) is 3.01. The topological polar surface area (TPSA) is 51.1 Å². The molecule has 19 heavy (non-hydrogen) atoms. The van der Waals surface area contributed by atoms with Gasteiger partial charge in [-0.25, -0.2) is 0 Å². The standard InChI is InChI=1S/C14H19ClN2O2/c1-17-7-6-10(8-13(17)18)14(19)16-12-5-3-2-4-11(12)9-15/h6-8,11-12H,2-5,9H2,1H3,(H,16,19). The van der Waals surface area contributed by atoms with E-state index < -0.39 is 0 Å². The predicted octanol–water partition coefficient (Wildman–Crippen LogP) is 1.91. The summed E-state index contributed by atoms with van der Waals surface area (Å²) in [4.78, 5) is 23.7. The molecule has 2 unspecified atom stereocenters. The van der Waals surface area contributed by atoms with Crippen molar-refractivity contribution in [1.29, 1.82) is 0 Å². The smallest absolute Gasteiger partial charge is 0.251 e. The van der Waals surface area contributed by atoms with E-state index in [2.05, 4.69) is 5.32 Å². The molecular formula is C14H19ClN2O2. The van der Waals surface area contributed by atoms with E-state index in [-0.39, 0.29) is 17.5 Å². The van der Waals surface area contributed by atoms with Crippen LogP contribution in [-0.4, -0.2) is 22.4 Å². The second-order valence-corrected chi connectivity index (χ2v) is 5.45. The van der Waals surface area contributed by atoms with Crippen LogP contribution in [0.25, 0.3) is 0 Å². The first-order valence-corrected chi connectivity index (χ1v) is 7.19. The Morgan fingerprint density at radius 3 is 2.89 bits per heavy atom. The number of hydrogen-bond donors (Lipinski definition) is 1. The van der Waals surface area contributed by atoms with Crippen LogP contribution in [0, 0.1) is 5.92 Å². The van der Waals surface area contributed by atoms with Crippen LogP contribution in [0.1, 0.15) is 36.0 Å². The van der Waals surface area contributed by atoms with E-state index in [9.17, 15) is 9.59 Å².